The second-order valence-corrected chi connectivity index (χ2v) is 9.18. The van der Waals surface area contributed by atoms with Crippen LogP contribution in [0.3, 0.4) is 0 Å². The van der Waals surface area contributed by atoms with Crippen molar-refractivity contribution in [1.29, 1.82) is 0 Å². The third-order valence-corrected chi connectivity index (χ3v) is 6.88. The van der Waals surface area contributed by atoms with Gasteiger partial charge in [-0.2, -0.15) is 0 Å². The molecule has 0 atom stereocenters. The number of nitrogens with one attached hydrogen (secondary N) is 2. The molecule has 160 valence electrons. The minimum absolute atomic E-state index is 0.258. The molecular formula is C23H23N3O4S. The average Bonchev–Trinajstić information content (AvgIpc) is 3.50. The van der Waals surface area contributed by atoms with Crippen molar-refractivity contribution >= 4 is 22.0 Å². The van der Waals surface area contributed by atoms with Gasteiger partial charge in [-0.15, -0.1) is 0 Å². The van der Waals surface area contributed by atoms with Crippen LogP contribution in [0.4, 0.5) is 0 Å². The summed E-state index contributed by atoms with van der Waals surface area (Å²) in [6, 6.07) is 17.0. The van der Waals surface area contributed by atoms with Gasteiger partial charge in [0.25, 0.3) is 15.9 Å². The van der Waals surface area contributed by atoms with Gasteiger partial charge in [0, 0.05) is 36.6 Å². The first-order chi connectivity index (χ1) is 15.0. The third-order valence-electron chi connectivity index (χ3n) is 5.10. The quantitative estimate of drug-likeness (QED) is 0.286. The first-order valence-electron chi connectivity index (χ1n) is 9.95. The average molecular weight is 438 g/mol. The molecule has 0 aliphatic heterocycles. The summed E-state index contributed by atoms with van der Waals surface area (Å²) in [5, 5.41) is 12.0. The van der Waals surface area contributed by atoms with Gasteiger partial charge in [-0.05, 0) is 41.7 Å². The number of hydrogen-bond acceptors (Lipinski definition) is 5. The number of aromatic nitrogens is 1. The van der Waals surface area contributed by atoms with E-state index in [4.69, 9.17) is 5.21 Å². The molecular weight excluding hydrogens is 414 g/mol. The fourth-order valence-electron chi connectivity index (χ4n) is 3.37. The smallest absolute Gasteiger partial charge is 0.268 e. The number of nitrogens with zero attached hydrogens (tertiary/aromatic N) is 1. The number of benzene rings is 2. The third kappa shape index (κ3) is 4.77. The number of amides is 1. The van der Waals surface area contributed by atoms with Crippen molar-refractivity contribution in [1.82, 2.24) is 14.8 Å². The Kier molecular flexibility index (Phi) is 6.03. The molecule has 1 aliphatic rings. The van der Waals surface area contributed by atoms with Gasteiger partial charge in [0.15, 0.2) is 0 Å². The van der Waals surface area contributed by atoms with Crippen LogP contribution in [0.1, 0.15) is 24.0 Å². The Morgan fingerprint density at radius 2 is 1.87 bits per heavy atom. The van der Waals surface area contributed by atoms with Crippen LogP contribution in [0.2, 0.25) is 0 Å². The Balaban J connectivity index is 1.78. The number of hydroxylamine groups is 1. The number of hydrogen-bond donors (Lipinski definition) is 3. The summed E-state index contributed by atoms with van der Waals surface area (Å²) in [6.45, 7) is 0.463. The van der Waals surface area contributed by atoms with Crippen molar-refractivity contribution in [3.63, 3.8) is 0 Å². The maximum Gasteiger partial charge on any atom is 0.268 e. The summed E-state index contributed by atoms with van der Waals surface area (Å²) in [6.07, 6.45) is 7.65. The Morgan fingerprint density at radius 1 is 1.10 bits per heavy atom. The largest absolute Gasteiger partial charge is 0.310 e. The summed E-state index contributed by atoms with van der Waals surface area (Å²) < 4.78 is 28.6. The zero-order valence-electron chi connectivity index (χ0n) is 16.7. The maximum absolute atomic E-state index is 13.7. The Morgan fingerprint density at radius 3 is 2.58 bits per heavy atom. The second-order valence-electron chi connectivity index (χ2n) is 7.40. The minimum Gasteiger partial charge on any atom is -0.310 e. The van der Waals surface area contributed by atoms with Crippen molar-refractivity contribution in [2.24, 2.45) is 0 Å². The molecule has 1 saturated carbocycles. The van der Waals surface area contributed by atoms with Crippen molar-refractivity contribution in [2.75, 3.05) is 0 Å². The molecule has 1 aliphatic carbocycles. The number of carbonyl (C=O) groups is 1. The Labute approximate surface area is 181 Å². The monoisotopic (exact) mass is 437 g/mol. The molecule has 0 unspecified atom stereocenters. The number of carbonyl (C=O) groups excluding carboxylic acids is 1. The summed E-state index contributed by atoms with van der Waals surface area (Å²) in [4.78, 5) is 11.5. The highest BCUT2D eigenvalue weighted by Gasteiger charge is 2.27. The topological polar surface area (TPSA) is 100 Å². The molecule has 1 heterocycles. The van der Waals surface area contributed by atoms with Gasteiger partial charge >= 0.3 is 0 Å². The van der Waals surface area contributed by atoms with Gasteiger partial charge in [0.05, 0.1) is 0 Å². The highest BCUT2D eigenvalue weighted by Crippen LogP contribution is 2.32. The van der Waals surface area contributed by atoms with E-state index in [1.54, 1.807) is 6.07 Å². The number of rotatable bonds is 8. The molecule has 1 fully saturated rings. The fraction of sp³-hybridized carbons (Fsp3) is 0.174. The van der Waals surface area contributed by atoms with Gasteiger partial charge in [0.1, 0.15) is 4.90 Å². The van der Waals surface area contributed by atoms with Crippen LogP contribution in [-0.4, -0.2) is 29.5 Å². The predicted octanol–water partition coefficient (Wildman–Crippen LogP) is 3.16. The molecule has 4 rings (SSSR count). The molecule has 31 heavy (non-hydrogen) atoms. The lowest BCUT2D eigenvalue weighted by molar-refractivity contribution is -0.124. The first kappa shape index (κ1) is 21.0. The molecule has 8 heteroatoms. The molecule has 2 aromatic carbocycles. The van der Waals surface area contributed by atoms with Crippen molar-refractivity contribution in [3.8, 4) is 11.1 Å². The SMILES string of the molecule is O=C(/C=C/c1ccn(S(=O)(=O)c2c(CNC3CC3)cccc2-c2ccccc2)c1)NO. The highest BCUT2D eigenvalue weighted by atomic mass is 32.2. The van der Waals surface area contributed by atoms with Gasteiger partial charge in [-0.1, -0.05) is 48.5 Å². The van der Waals surface area contributed by atoms with Crippen molar-refractivity contribution in [3.05, 3.63) is 84.2 Å². The molecule has 0 saturated heterocycles. The van der Waals surface area contributed by atoms with Crippen molar-refractivity contribution < 1.29 is 18.4 Å². The van der Waals surface area contributed by atoms with Gasteiger partial charge in [-0.25, -0.2) is 17.9 Å². The van der Waals surface area contributed by atoms with Crippen LogP contribution in [0, 0.1) is 0 Å². The van der Waals surface area contributed by atoms with E-state index in [-0.39, 0.29) is 4.90 Å². The zero-order valence-corrected chi connectivity index (χ0v) is 17.5. The summed E-state index contributed by atoms with van der Waals surface area (Å²) in [5.74, 6) is -0.696. The lowest BCUT2D eigenvalue weighted by Crippen LogP contribution is -2.20. The lowest BCUT2D eigenvalue weighted by atomic mass is 10.0. The molecule has 1 amide bonds. The van der Waals surface area contributed by atoms with Gasteiger partial charge in [-0.3, -0.25) is 10.0 Å². The fourth-order valence-corrected chi connectivity index (χ4v) is 5.00. The maximum atomic E-state index is 13.7. The molecule has 0 spiro atoms. The van der Waals surface area contributed by atoms with E-state index in [9.17, 15) is 13.2 Å². The van der Waals surface area contributed by atoms with Crippen LogP contribution in [0.15, 0.2) is 78.0 Å². The van der Waals surface area contributed by atoms with Gasteiger partial charge in [0.2, 0.25) is 0 Å². The van der Waals surface area contributed by atoms with E-state index in [1.165, 1.54) is 23.9 Å². The summed E-state index contributed by atoms with van der Waals surface area (Å²) in [5.41, 5.74) is 4.19. The Hall–Kier alpha value is -3.20. The van der Waals surface area contributed by atoms with E-state index < -0.39 is 15.9 Å². The molecule has 1 aromatic heterocycles. The second kappa shape index (κ2) is 8.89. The van der Waals surface area contributed by atoms with E-state index in [0.717, 1.165) is 28.5 Å². The summed E-state index contributed by atoms with van der Waals surface area (Å²) in [7, 11) is -3.91. The zero-order chi connectivity index (χ0) is 21.8. The lowest BCUT2D eigenvalue weighted by Gasteiger charge is -2.17. The van der Waals surface area contributed by atoms with E-state index in [0.29, 0.717) is 29.3 Å². The molecule has 0 bridgehead atoms. The highest BCUT2D eigenvalue weighted by molar-refractivity contribution is 7.90. The van der Waals surface area contributed by atoms with Crippen LogP contribution in [0.5, 0.6) is 0 Å². The standard InChI is InChI=1S/C23H23N3O4S/c27-22(25-28)12-9-17-13-14-26(16-17)31(29,30)23-19(15-24-20-10-11-20)7-4-8-21(23)18-5-2-1-3-6-18/h1-9,12-14,16,20,24,28H,10-11,15H2,(H,25,27)/b12-9+. The predicted molar refractivity (Wildman–Crippen MR) is 118 cm³/mol. The summed E-state index contributed by atoms with van der Waals surface area (Å²) >= 11 is 0. The van der Waals surface area contributed by atoms with Crippen LogP contribution >= 0.6 is 0 Å². The molecule has 3 aromatic rings. The minimum atomic E-state index is -3.91. The van der Waals surface area contributed by atoms with E-state index >= 15 is 0 Å². The van der Waals surface area contributed by atoms with E-state index in [2.05, 4.69) is 5.32 Å². The first-order valence-corrected chi connectivity index (χ1v) is 11.4. The normalized spacial score (nSPS) is 14.1. The van der Waals surface area contributed by atoms with Crippen LogP contribution in [-0.2, 0) is 21.4 Å². The van der Waals surface area contributed by atoms with Crippen molar-refractivity contribution in [2.45, 2.75) is 30.3 Å². The molecule has 3 N–H and O–H groups in total. The molecule has 0 radical (unpaired) electrons. The van der Waals surface area contributed by atoms with Crippen LogP contribution in [0.25, 0.3) is 17.2 Å². The Bertz CT molecular complexity index is 1210. The van der Waals surface area contributed by atoms with Crippen LogP contribution < -0.4 is 10.8 Å². The van der Waals surface area contributed by atoms with Gasteiger partial charge < -0.3 is 5.32 Å². The molecule has 7 nitrogen and oxygen atoms in total. The van der Waals surface area contributed by atoms with E-state index in [1.807, 2.05) is 48.5 Å².